The molecule has 0 saturated heterocycles. The normalized spacial score (nSPS) is 12.9. The Morgan fingerprint density at radius 3 is 2.84 bits per heavy atom. The highest BCUT2D eigenvalue weighted by Crippen LogP contribution is 2.36. The Labute approximate surface area is 160 Å². The molecule has 1 aromatic heterocycles. The Balaban J connectivity index is 1.53. The maximum atomic E-state index is 12.3. The van der Waals surface area contributed by atoms with E-state index in [1.54, 1.807) is 12.1 Å². The Hall–Kier alpha value is -2.09. The van der Waals surface area contributed by atoms with Crippen LogP contribution in [0.3, 0.4) is 0 Å². The third kappa shape index (κ3) is 3.10. The van der Waals surface area contributed by atoms with E-state index in [1.807, 2.05) is 24.3 Å². The Bertz CT molecular complexity index is 1020. The van der Waals surface area contributed by atoms with Crippen LogP contribution < -0.4 is 14.9 Å². The van der Waals surface area contributed by atoms with Gasteiger partial charge in [-0.3, -0.25) is 4.79 Å². The van der Waals surface area contributed by atoms with Gasteiger partial charge in [0.2, 0.25) is 6.79 Å². The first kappa shape index (κ1) is 16.4. The highest BCUT2D eigenvalue weighted by atomic mass is 79.9. The number of hydrazone groups is 1. The molecule has 4 rings (SSSR count). The van der Waals surface area contributed by atoms with Gasteiger partial charge in [0, 0.05) is 20.1 Å². The van der Waals surface area contributed by atoms with Crippen molar-refractivity contribution in [2.24, 2.45) is 5.10 Å². The summed E-state index contributed by atoms with van der Waals surface area (Å²) in [6.45, 7) is 0.198. The lowest BCUT2D eigenvalue weighted by atomic mass is 10.2. The Morgan fingerprint density at radius 2 is 2.04 bits per heavy atom. The summed E-state index contributed by atoms with van der Waals surface area (Å²) in [6.07, 6.45) is 1.53. The van der Waals surface area contributed by atoms with Gasteiger partial charge in [0.15, 0.2) is 11.5 Å². The zero-order valence-electron chi connectivity index (χ0n) is 12.6. The first-order valence-corrected chi connectivity index (χ1v) is 9.22. The van der Waals surface area contributed by atoms with E-state index in [4.69, 9.17) is 21.1 Å². The number of hydrogen-bond donors (Lipinski definition) is 1. The molecule has 0 fully saturated rings. The molecule has 5 nitrogen and oxygen atoms in total. The zero-order valence-corrected chi connectivity index (χ0v) is 15.7. The number of benzene rings is 2. The average molecular weight is 438 g/mol. The molecule has 0 aliphatic carbocycles. The summed E-state index contributed by atoms with van der Waals surface area (Å²) in [7, 11) is 0. The Morgan fingerprint density at radius 1 is 1.28 bits per heavy atom. The van der Waals surface area contributed by atoms with Crippen molar-refractivity contribution in [1.82, 2.24) is 5.43 Å². The topological polar surface area (TPSA) is 59.9 Å². The minimum atomic E-state index is -0.348. The van der Waals surface area contributed by atoms with E-state index in [1.165, 1.54) is 17.6 Å². The first-order chi connectivity index (χ1) is 12.1. The van der Waals surface area contributed by atoms with E-state index in [9.17, 15) is 4.79 Å². The molecule has 3 aromatic rings. The number of thiophene rings is 1. The van der Waals surface area contributed by atoms with E-state index in [-0.39, 0.29) is 12.7 Å². The molecule has 0 unspecified atom stereocenters. The van der Waals surface area contributed by atoms with Gasteiger partial charge in [-0.15, -0.1) is 11.3 Å². The fourth-order valence-electron chi connectivity index (χ4n) is 2.40. The van der Waals surface area contributed by atoms with Gasteiger partial charge < -0.3 is 9.47 Å². The lowest BCUT2D eigenvalue weighted by molar-refractivity contribution is 0.0959. The van der Waals surface area contributed by atoms with Gasteiger partial charge in [0.05, 0.1) is 11.2 Å². The van der Waals surface area contributed by atoms with E-state index < -0.39 is 0 Å². The minimum Gasteiger partial charge on any atom is -0.454 e. The zero-order chi connectivity index (χ0) is 17.4. The molecule has 2 aromatic carbocycles. The SMILES string of the molecule is O=C(N/N=C/c1cc2c(cc1Br)OCO2)c1sc2ccccc2c1Cl. The number of carbonyl (C=O) groups excluding carboxylic acids is 1. The van der Waals surface area contributed by atoms with Crippen LogP contribution in [0.2, 0.25) is 5.02 Å². The van der Waals surface area contributed by atoms with Crippen molar-refractivity contribution in [3.63, 3.8) is 0 Å². The maximum absolute atomic E-state index is 12.3. The molecule has 126 valence electrons. The Kier molecular flexibility index (Phi) is 4.37. The van der Waals surface area contributed by atoms with Crippen LogP contribution in [0.5, 0.6) is 11.5 Å². The van der Waals surface area contributed by atoms with E-state index >= 15 is 0 Å². The molecule has 25 heavy (non-hydrogen) atoms. The lowest BCUT2D eigenvalue weighted by Gasteiger charge is -2.02. The quantitative estimate of drug-likeness (QED) is 0.472. The van der Waals surface area contributed by atoms with Crippen LogP contribution in [0.15, 0.2) is 46.0 Å². The highest BCUT2D eigenvalue weighted by Gasteiger charge is 2.17. The molecule has 1 aliphatic rings. The molecular weight excluding hydrogens is 428 g/mol. The van der Waals surface area contributed by atoms with Gasteiger partial charge in [-0.25, -0.2) is 5.43 Å². The molecule has 0 radical (unpaired) electrons. The number of halogens is 2. The number of nitrogens with zero attached hydrogens (tertiary/aromatic N) is 1. The number of hydrogen-bond acceptors (Lipinski definition) is 5. The summed E-state index contributed by atoms with van der Waals surface area (Å²) in [5, 5.41) is 5.32. The first-order valence-electron chi connectivity index (χ1n) is 7.23. The van der Waals surface area contributed by atoms with Crippen LogP contribution in [0.25, 0.3) is 10.1 Å². The summed E-state index contributed by atoms with van der Waals surface area (Å²) in [5.41, 5.74) is 3.26. The molecule has 8 heteroatoms. The van der Waals surface area contributed by atoms with E-state index in [0.29, 0.717) is 21.4 Å². The van der Waals surface area contributed by atoms with Crippen LogP contribution >= 0.6 is 38.9 Å². The number of rotatable bonds is 3. The van der Waals surface area contributed by atoms with Crippen LogP contribution in [0.1, 0.15) is 15.2 Å². The summed E-state index contributed by atoms with van der Waals surface area (Å²) in [4.78, 5) is 12.8. The summed E-state index contributed by atoms with van der Waals surface area (Å²) < 4.78 is 12.4. The van der Waals surface area contributed by atoms with Crippen molar-refractivity contribution >= 4 is 61.1 Å². The fourth-order valence-corrected chi connectivity index (χ4v) is 4.23. The molecule has 0 bridgehead atoms. The van der Waals surface area contributed by atoms with Crippen LogP contribution in [0, 0.1) is 0 Å². The monoisotopic (exact) mass is 436 g/mol. The van der Waals surface area contributed by atoms with Gasteiger partial charge in [-0.05, 0) is 34.1 Å². The average Bonchev–Trinajstić information content (AvgIpc) is 3.19. The smallest absolute Gasteiger partial charge is 0.283 e. The second-order valence-electron chi connectivity index (χ2n) is 5.17. The molecule has 0 saturated carbocycles. The van der Waals surface area contributed by atoms with Gasteiger partial charge in [0.1, 0.15) is 4.88 Å². The maximum Gasteiger partial charge on any atom is 0.283 e. The van der Waals surface area contributed by atoms with Crippen molar-refractivity contribution in [3.05, 3.63) is 56.3 Å². The number of ether oxygens (including phenoxy) is 2. The summed E-state index contributed by atoms with van der Waals surface area (Å²) in [6, 6.07) is 11.2. The second kappa shape index (κ2) is 6.67. The van der Waals surface area contributed by atoms with Gasteiger partial charge in [-0.1, -0.05) is 29.8 Å². The molecule has 0 spiro atoms. The number of carbonyl (C=O) groups is 1. The van der Waals surface area contributed by atoms with Gasteiger partial charge >= 0.3 is 0 Å². The number of fused-ring (bicyclic) bond motifs is 2. The molecule has 2 heterocycles. The number of amides is 1. The van der Waals surface area contributed by atoms with Gasteiger partial charge in [0.25, 0.3) is 5.91 Å². The fraction of sp³-hybridized carbons (Fsp3) is 0.0588. The van der Waals surface area contributed by atoms with Crippen molar-refractivity contribution < 1.29 is 14.3 Å². The summed E-state index contributed by atoms with van der Waals surface area (Å²) in [5.74, 6) is 0.966. The van der Waals surface area contributed by atoms with Crippen LogP contribution in [-0.2, 0) is 0 Å². The lowest BCUT2D eigenvalue weighted by Crippen LogP contribution is -2.16. The van der Waals surface area contributed by atoms with Crippen LogP contribution in [0.4, 0.5) is 0 Å². The molecule has 1 amide bonds. The predicted octanol–water partition coefficient (Wildman–Crippen LogP) is 4.81. The van der Waals surface area contributed by atoms with Gasteiger partial charge in [-0.2, -0.15) is 5.10 Å². The van der Waals surface area contributed by atoms with Crippen molar-refractivity contribution in [2.45, 2.75) is 0 Å². The van der Waals surface area contributed by atoms with Crippen molar-refractivity contribution in [1.29, 1.82) is 0 Å². The highest BCUT2D eigenvalue weighted by molar-refractivity contribution is 9.10. The van der Waals surface area contributed by atoms with Crippen LogP contribution in [-0.4, -0.2) is 18.9 Å². The predicted molar refractivity (Wildman–Crippen MR) is 102 cm³/mol. The molecular formula is C17H10BrClN2O3S. The minimum absolute atomic E-state index is 0.198. The van der Waals surface area contributed by atoms with E-state index in [0.717, 1.165) is 20.1 Å². The van der Waals surface area contributed by atoms with Crippen molar-refractivity contribution in [3.8, 4) is 11.5 Å². The largest absolute Gasteiger partial charge is 0.454 e. The second-order valence-corrected chi connectivity index (χ2v) is 7.45. The summed E-state index contributed by atoms with van der Waals surface area (Å²) >= 11 is 11.1. The molecule has 1 N–H and O–H groups in total. The standard InChI is InChI=1S/C17H10BrClN2O3S/c18-11-6-13-12(23-8-24-13)5-9(11)7-20-21-17(22)16-15(19)10-3-1-2-4-14(10)25-16/h1-7H,8H2,(H,21,22)/b20-7+. The third-order valence-corrected chi connectivity index (χ3v) is 5.96. The molecule has 0 atom stereocenters. The molecule has 1 aliphatic heterocycles. The van der Waals surface area contributed by atoms with Crippen molar-refractivity contribution in [2.75, 3.05) is 6.79 Å². The third-order valence-electron chi connectivity index (χ3n) is 3.60. The van der Waals surface area contributed by atoms with E-state index in [2.05, 4.69) is 26.5 Å². The number of nitrogens with one attached hydrogen (secondary N) is 1.